The van der Waals surface area contributed by atoms with Crippen molar-refractivity contribution in [3.63, 3.8) is 0 Å². The Hall–Kier alpha value is -1.37. The molecule has 1 aliphatic carbocycles. The lowest BCUT2D eigenvalue weighted by molar-refractivity contribution is -0.307. The summed E-state index contributed by atoms with van der Waals surface area (Å²) in [5.41, 5.74) is 23.8. The van der Waals surface area contributed by atoms with Crippen molar-refractivity contribution in [1.82, 2.24) is 21.0 Å². The highest BCUT2D eigenvalue weighted by molar-refractivity contribution is 5.73. The topological polar surface area (TPSA) is 330 Å². The van der Waals surface area contributed by atoms with Crippen LogP contribution in [0.4, 0.5) is 4.79 Å². The van der Waals surface area contributed by atoms with Crippen molar-refractivity contribution >= 4 is 6.03 Å². The number of nitrogens with two attached hydrogens (primary N) is 4. The number of carbonyl (C=O) groups is 1. The Labute approximate surface area is 248 Å². The molecule has 43 heavy (non-hydrogen) atoms. The maximum absolute atomic E-state index is 12.7. The first kappa shape index (κ1) is 34.5. The van der Waals surface area contributed by atoms with E-state index in [1.54, 1.807) is 0 Å². The average Bonchev–Trinajstić information content (AvgIpc) is 2.95. The molecule has 0 bridgehead atoms. The van der Waals surface area contributed by atoms with E-state index in [-0.39, 0.29) is 32.1 Å². The van der Waals surface area contributed by atoms with Gasteiger partial charge in [0.25, 0.3) is 0 Å². The van der Waals surface area contributed by atoms with E-state index in [0.29, 0.717) is 18.2 Å². The average molecular weight is 625 g/mol. The number of aliphatic hydroxyl groups excluding tert-OH is 6. The van der Waals surface area contributed by atoms with Crippen LogP contribution >= 0.6 is 0 Å². The summed E-state index contributed by atoms with van der Waals surface area (Å²) in [6.07, 6.45) is -13.4. The molecule has 2 amide bonds. The number of hydroxylamine groups is 2. The molecular formula is C24H48N8O11. The first-order valence-corrected chi connectivity index (χ1v) is 14.6. The molecule has 4 rings (SSSR count). The van der Waals surface area contributed by atoms with Gasteiger partial charge in [-0.2, -0.15) is 0 Å². The molecule has 250 valence electrons. The van der Waals surface area contributed by atoms with E-state index in [9.17, 15) is 40.6 Å². The summed E-state index contributed by atoms with van der Waals surface area (Å²) in [4.78, 5) is 12.7. The number of nitrogens with one attached hydrogen (secondary N) is 3. The summed E-state index contributed by atoms with van der Waals surface area (Å²) in [5.74, 6) is -0.984. The molecule has 3 heterocycles. The molecule has 18 N–H and O–H groups in total. The minimum absolute atomic E-state index is 0.0377. The number of aliphatic hydroxyl groups is 6. The lowest BCUT2D eigenvalue weighted by atomic mass is 9.71. The van der Waals surface area contributed by atoms with Crippen molar-refractivity contribution in [2.75, 3.05) is 39.3 Å². The standard InChI is InChI=1S/C24H48N8O11/c25-1-2-32(40)24(39)31-10-3-9(27)13(18(36)21(10)43-23-19(37)14(28)16(34)12(7-33)42-23)22-15(30-8-5-29-6-8)20(38)17(35)11(4-26)41-22/h8-23,29-30,33-38,40H,1-7,25-28H2,(H,31,39). The Morgan fingerprint density at radius 3 is 2.26 bits per heavy atom. The highest BCUT2D eigenvalue weighted by Crippen LogP contribution is 2.37. The molecule has 19 nitrogen and oxygen atoms in total. The van der Waals surface area contributed by atoms with Crippen LogP contribution in [0.15, 0.2) is 0 Å². The van der Waals surface area contributed by atoms with E-state index in [1.165, 1.54) is 0 Å². The van der Waals surface area contributed by atoms with Gasteiger partial charge in [0.05, 0.1) is 49.6 Å². The van der Waals surface area contributed by atoms with Crippen LogP contribution in [0.5, 0.6) is 0 Å². The number of hydrogen-bond donors (Lipinski definition) is 14. The highest BCUT2D eigenvalue weighted by atomic mass is 16.7. The van der Waals surface area contributed by atoms with Gasteiger partial charge < -0.3 is 83.7 Å². The zero-order chi connectivity index (χ0) is 31.6. The SMILES string of the molecule is NCCN(O)C(=O)NC1CC(N)C(C2OC(CN)C(O)C(O)C2NC2CNC2)C(O)C1OC1OC(CO)C(O)C(N)C1O. The molecule has 15 unspecified atom stereocenters. The number of carbonyl (C=O) groups excluding carboxylic acids is 1. The molecule has 4 fully saturated rings. The van der Waals surface area contributed by atoms with Crippen molar-refractivity contribution < 1.29 is 54.9 Å². The van der Waals surface area contributed by atoms with Gasteiger partial charge in [0, 0.05) is 44.2 Å². The Bertz CT molecular complexity index is 909. The summed E-state index contributed by atoms with van der Waals surface area (Å²) in [5, 5.41) is 83.6. The third-order valence-electron chi connectivity index (χ3n) is 8.87. The van der Waals surface area contributed by atoms with Crippen LogP contribution in [0.25, 0.3) is 0 Å². The number of urea groups is 1. The van der Waals surface area contributed by atoms with E-state index in [4.69, 9.17) is 37.1 Å². The number of ether oxygens (including phenoxy) is 3. The normalized spacial score (nSPS) is 45.8. The Kier molecular flexibility index (Phi) is 11.9. The second kappa shape index (κ2) is 14.8. The number of nitrogens with zero attached hydrogens (tertiary/aromatic N) is 1. The van der Waals surface area contributed by atoms with Crippen LogP contribution < -0.4 is 38.9 Å². The van der Waals surface area contributed by atoms with Crippen LogP contribution in [0.2, 0.25) is 0 Å². The van der Waals surface area contributed by atoms with E-state index >= 15 is 0 Å². The van der Waals surface area contributed by atoms with Crippen molar-refractivity contribution in [2.45, 2.75) is 97.9 Å². The monoisotopic (exact) mass is 624 g/mol. The summed E-state index contributed by atoms with van der Waals surface area (Å²) in [7, 11) is 0. The fraction of sp³-hybridized carbons (Fsp3) is 0.958. The summed E-state index contributed by atoms with van der Waals surface area (Å²) in [6.45, 7) is 0.172. The third kappa shape index (κ3) is 7.22. The highest BCUT2D eigenvalue weighted by Gasteiger charge is 2.56. The van der Waals surface area contributed by atoms with Crippen molar-refractivity contribution in [1.29, 1.82) is 0 Å². The fourth-order valence-corrected chi connectivity index (χ4v) is 6.28. The zero-order valence-corrected chi connectivity index (χ0v) is 23.7. The molecule has 4 aliphatic rings. The molecule has 0 aromatic rings. The maximum atomic E-state index is 12.7. The van der Waals surface area contributed by atoms with Gasteiger partial charge in [0.2, 0.25) is 0 Å². The molecule has 3 aliphatic heterocycles. The molecule has 0 aromatic carbocycles. The van der Waals surface area contributed by atoms with Gasteiger partial charge >= 0.3 is 6.03 Å². The van der Waals surface area contributed by atoms with Crippen LogP contribution in [0, 0.1) is 5.92 Å². The number of amides is 2. The minimum atomic E-state index is -1.60. The molecule has 15 atom stereocenters. The molecule has 1 saturated carbocycles. The second-order valence-electron chi connectivity index (χ2n) is 11.7. The third-order valence-corrected chi connectivity index (χ3v) is 8.87. The van der Waals surface area contributed by atoms with Gasteiger partial charge in [-0.15, -0.1) is 0 Å². The molecule has 3 saturated heterocycles. The van der Waals surface area contributed by atoms with E-state index < -0.39 is 104 Å². The first-order chi connectivity index (χ1) is 20.4. The summed E-state index contributed by atoms with van der Waals surface area (Å²) in [6, 6.07) is -5.15. The quantitative estimate of drug-likeness (QED) is 0.0792. The van der Waals surface area contributed by atoms with E-state index in [2.05, 4.69) is 16.0 Å². The van der Waals surface area contributed by atoms with Gasteiger partial charge in [-0.3, -0.25) is 5.21 Å². The van der Waals surface area contributed by atoms with Crippen LogP contribution in [0.3, 0.4) is 0 Å². The van der Waals surface area contributed by atoms with Crippen molar-refractivity contribution in [3.05, 3.63) is 0 Å². The van der Waals surface area contributed by atoms with Gasteiger partial charge in [-0.05, 0) is 6.42 Å². The van der Waals surface area contributed by atoms with E-state index in [1.807, 2.05) is 0 Å². The van der Waals surface area contributed by atoms with Crippen LogP contribution in [-0.4, -0.2) is 178 Å². The van der Waals surface area contributed by atoms with Gasteiger partial charge in [0.15, 0.2) is 6.29 Å². The fourth-order valence-electron chi connectivity index (χ4n) is 6.28. The molecule has 19 heteroatoms. The molecule has 0 radical (unpaired) electrons. The van der Waals surface area contributed by atoms with Gasteiger partial charge in [-0.1, -0.05) is 0 Å². The maximum Gasteiger partial charge on any atom is 0.341 e. The lowest BCUT2D eigenvalue weighted by Crippen LogP contribution is -2.74. The van der Waals surface area contributed by atoms with Crippen LogP contribution in [0.1, 0.15) is 6.42 Å². The van der Waals surface area contributed by atoms with Crippen molar-refractivity contribution in [3.8, 4) is 0 Å². The molecular weight excluding hydrogens is 576 g/mol. The Balaban J connectivity index is 1.64. The Morgan fingerprint density at radius 2 is 1.67 bits per heavy atom. The van der Waals surface area contributed by atoms with Crippen LogP contribution in [-0.2, 0) is 14.2 Å². The summed E-state index contributed by atoms with van der Waals surface area (Å²) < 4.78 is 17.8. The lowest BCUT2D eigenvalue weighted by Gasteiger charge is -2.53. The smallest absolute Gasteiger partial charge is 0.341 e. The van der Waals surface area contributed by atoms with Gasteiger partial charge in [-0.25, -0.2) is 9.86 Å². The predicted octanol–water partition coefficient (Wildman–Crippen LogP) is -8.05. The van der Waals surface area contributed by atoms with Crippen molar-refractivity contribution in [2.24, 2.45) is 28.9 Å². The molecule has 0 aromatic heterocycles. The second-order valence-corrected chi connectivity index (χ2v) is 11.7. The number of hydrogen-bond acceptors (Lipinski definition) is 17. The zero-order valence-electron chi connectivity index (χ0n) is 23.7. The molecule has 0 spiro atoms. The predicted molar refractivity (Wildman–Crippen MR) is 146 cm³/mol. The number of rotatable bonds is 10. The minimum Gasteiger partial charge on any atom is -0.394 e. The first-order valence-electron chi connectivity index (χ1n) is 14.6. The Morgan fingerprint density at radius 1 is 0.977 bits per heavy atom. The van der Waals surface area contributed by atoms with Gasteiger partial charge in [0.1, 0.15) is 36.6 Å². The largest absolute Gasteiger partial charge is 0.394 e. The summed E-state index contributed by atoms with van der Waals surface area (Å²) >= 11 is 0. The van der Waals surface area contributed by atoms with E-state index in [0.717, 1.165) is 0 Å².